The van der Waals surface area contributed by atoms with Crippen LogP contribution in [0.3, 0.4) is 0 Å². The zero-order valence-corrected chi connectivity index (χ0v) is 9.55. The molecule has 0 atom stereocenters. The molecule has 1 aromatic carbocycles. The lowest BCUT2D eigenvalue weighted by molar-refractivity contribution is 0.416. The maximum absolute atomic E-state index is 5.27. The van der Waals surface area contributed by atoms with Crippen LogP contribution >= 0.6 is 0 Å². The summed E-state index contributed by atoms with van der Waals surface area (Å²) in [6.07, 6.45) is 4.08. The van der Waals surface area contributed by atoms with E-state index in [4.69, 9.17) is 4.74 Å². The maximum Gasteiger partial charge on any atom is 0.141 e. The number of nitrogens with one attached hydrogen (secondary N) is 1. The average molecular weight is 205 g/mol. The Morgan fingerprint density at radius 3 is 2.93 bits per heavy atom. The zero-order valence-electron chi connectivity index (χ0n) is 9.55. The highest BCUT2D eigenvalue weighted by Gasteiger charge is 2.01. The second kappa shape index (κ2) is 6.12. The summed E-state index contributed by atoms with van der Waals surface area (Å²) in [4.78, 5) is 0. The number of aryl methyl sites for hydroxylation is 1. The van der Waals surface area contributed by atoms with Gasteiger partial charge in [-0.25, -0.2) is 0 Å². The average Bonchev–Trinajstić information content (AvgIpc) is 2.25. The summed E-state index contributed by atoms with van der Waals surface area (Å²) in [5.74, 6) is 0.902. The largest absolute Gasteiger partial charge is 0.495 e. The molecule has 0 aliphatic carbocycles. The van der Waals surface area contributed by atoms with Gasteiger partial charge in [-0.3, -0.25) is 0 Å². The SMILES string of the molecule is C=CCCCNc1cc(C)ccc1OC. The molecule has 0 fully saturated rings. The van der Waals surface area contributed by atoms with Gasteiger partial charge in [0.25, 0.3) is 0 Å². The second-order valence-electron chi connectivity index (χ2n) is 3.56. The number of benzene rings is 1. The van der Waals surface area contributed by atoms with E-state index in [0.29, 0.717) is 0 Å². The minimum Gasteiger partial charge on any atom is -0.495 e. The predicted molar refractivity (Wildman–Crippen MR) is 65.7 cm³/mol. The number of unbranched alkanes of at least 4 members (excludes halogenated alkanes) is 1. The van der Waals surface area contributed by atoms with Crippen LogP contribution in [-0.4, -0.2) is 13.7 Å². The van der Waals surface area contributed by atoms with Crippen molar-refractivity contribution in [2.75, 3.05) is 19.0 Å². The van der Waals surface area contributed by atoms with Gasteiger partial charge in [0.2, 0.25) is 0 Å². The van der Waals surface area contributed by atoms with Crippen LogP contribution in [0.4, 0.5) is 5.69 Å². The van der Waals surface area contributed by atoms with Gasteiger partial charge in [-0.15, -0.1) is 6.58 Å². The summed E-state index contributed by atoms with van der Waals surface area (Å²) >= 11 is 0. The van der Waals surface area contributed by atoms with Crippen molar-refractivity contribution in [2.24, 2.45) is 0 Å². The number of allylic oxidation sites excluding steroid dienone is 1. The van der Waals surface area contributed by atoms with Crippen LogP contribution in [0.2, 0.25) is 0 Å². The van der Waals surface area contributed by atoms with Crippen molar-refractivity contribution >= 4 is 5.69 Å². The van der Waals surface area contributed by atoms with Gasteiger partial charge in [0.15, 0.2) is 0 Å². The third-order valence-electron chi connectivity index (χ3n) is 2.26. The molecule has 0 amide bonds. The quantitative estimate of drug-likeness (QED) is 0.568. The minimum absolute atomic E-state index is 0.902. The van der Waals surface area contributed by atoms with Crippen molar-refractivity contribution < 1.29 is 4.74 Å². The molecule has 0 heterocycles. The van der Waals surface area contributed by atoms with Crippen molar-refractivity contribution in [1.29, 1.82) is 0 Å². The summed E-state index contributed by atoms with van der Waals surface area (Å²) in [7, 11) is 1.69. The van der Waals surface area contributed by atoms with E-state index in [9.17, 15) is 0 Å². The van der Waals surface area contributed by atoms with Gasteiger partial charge >= 0.3 is 0 Å². The molecule has 0 saturated heterocycles. The van der Waals surface area contributed by atoms with Gasteiger partial charge in [0.1, 0.15) is 5.75 Å². The summed E-state index contributed by atoms with van der Waals surface area (Å²) in [5, 5.41) is 3.37. The molecular formula is C13H19NO. The van der Waals surface area contributed by atoms with E-state index in [1.54, 1.807) is 7.11 Å². The van der Waals surface area contributed by atoms with Crippen molar-refractivity contribution in [3.63, 3.8) is 0 Å². The first kappa shape index (κ1) is 11.6. The smallest absolute Gasteiger partial charge is 0.141 e. The summed E-state index contributed by atoms with van der Waals surface area (Å²) in [5.41, 5.74) is 2.31. The Kier molecular flexibility index (Phi) is 4.75. The van der Waals surface area contributed by atoms with Crippen LogP contribution in [-0.2, 0) is 0 Å². The van der Waals surface area contributed by atoms with E-state index in [1.807, 2.05) is 18.2 Å². The fourth-order valence-corrected chi connectivity index (χ4v) is 1.43. The van der Waals surface area contributed by atoms with E-state index in [2.05, 4.69) is 24.9 Å². The van der Waals surface area contributed by atoms with Crippen LogP contribution in [0.1, 0.15) is 18.4 Å². The van der Waals surface area contributed by atoms with Crippen molar-refractivity contribution in [2.45, 2.75) is 19.8 Å². The highest BCUT2D eigenvalue weighted by Crippen LogP contribution is 2.24. The lowest BCUT2D eigenvalue weighted by atomic mass is 10.2. The number of hydrogen-bond donors (Lipinski definition) is 1. The lowest BCUT2D eigenvalue weighted by Gasteiger charge is -2.11. The normalized spacial score (nSPS) is 9.73. The van der Waals surface area contributed by atoms with Crippen molar-refractivity contribution in [3.8, 4) is 5.75 Å². The van der Waals surface area contributed by atoms with Gasteiger partial charge < -0.3 is 10.1 Å². The number of methoxy groups -OCH3 is 1. The molecule has 15 heavy (non-hydrogen) atoms. The summed E-state index contributed by atoms with van der Waals surface area (Å²) in [6, 6.07) is 6.14. The first-order valence-corrected chi connectivity index (χ1v) is 5.27. The van der Waals surface area contributed by atoms with Gasteiger partial charge in [0.05, 0.1) is 12.8 Å². The molecule has 0 spiro atoms. The van der Waals surface area contributed by atoms with E-state index < -0.39 is 0 Å². The Morgan fingerprint density at radius 1 is 1.47 bits per heavy atom. The third-order valence-corrected chi connectivity index (χ3v) is 2.26. The number of anilines is 1. The topological polar surface area (TPSA) is 21.3 Å². The molecule has 0 unspecified atom stereocenters. The first-order valence-electron chi connectivity index (χ1n) is 5.27. The molecule has 0 aliphatic rings. The summed E-state index contributed by atoms with van der Waals surface area (Å²) in [6.45, 7) is 6.73. The van der Waals surface area contributed by atoms with Gasteiger partial charge in [-0.2, -0.15) is 0 Å². The molecule has 1 N–H and O–H groups in total. The molecule has 0 bridgehead atoms. The number of hydrogen-bond acceptors (Lipinski definition) is 2. The monoisotopic (exact) mass is 205 g/mol. The molecule has 0 radical (unpaired) electrons. The van der Waals surface area contributed by atoms with E-state index in [-0.39, 0.29) is 0 Å². The molecule has 0 saturated carbocycles. The summed E-state index contributed by atoms with van der Waals surface area (Å²) < 4.78 is 5.27. The molecular weight excluding hydrogens is 186 g/mol. The highest BCUT2D eigenvalue weighted by molar-refractivity contribution is 5.57. The number of rotatable bonds is 6. The zero-order chi connectivity index (χ0) is 11.1. The molecule has 2 nitrogen and oxygen atoms in total. The number of ether oxygens (including phenoxy) is 1. The molecule has 82 valence electrons. The Balaban J connectivity index is 2.57. The maximum atomic E-state index is 5.27. The predicted octanol–water partition coefficient (Wildman–Crippen LogP) is 3.38. The van der Waals surface area contributed by atoms with Crippen LogP contribution in [0, 0.1) is 6.92 Å². The lowest BCUT2D eigenvalue weighted by Crippen LogP contribution is -2.03. The highest BCUT2D eigenvalue weighted by atomic mass is 16.5. The molecule has 1 rings (SSSR count). The second-order valence-corrected chi connectivity index (χ2v) is 3.56. The standard InChI is InChI=1S/C13H19NO/c1-4-5-6-9-14-12-10-11(2)7-8-13(12)15-3/h4,7-8,10,14H,1,5-6,9H2,2-3H3. The van der Waals surface area contributed by atoms with Crippen LogP contribution in [0.5, 0.6) is 5.75 Å². The van der Waals surface area contributed by atoms with Crippen LogP contribution in [0.25, 0.3) is 0 Å². The van der Waals surface area contributed by atoms with Crippen molar-refractivity contribution in [3.05, 3.63) is 36.4 Å². The molecule has 0 aliphatic heterocycles. The van der Waals surface area contributed by atoms with E-state index >= 15 is 0 Å². The van der Waals surface area contributed by atoms with Crippen LogP contribution in [0.15, 0.2) is 30.9 Å². The van der Waals surface area contributed by atoms with Crippen LogP contribution < -0.4 is 10.1 Å². The Bertz CT molecular complexity index is 320. The minimum atomic E-state index is 0.902. The fourth-order valence-electron chi connectivity index (χ4n) is 1.43. The van der Waals surface area contributed by atoms with E-state index in [1.165, 1.54) is 5.56 Å². The van der Waals surface area contributed by atoms with Gasteiger partial charge in [-0.05, 0) is 37.5 Å². The first-order chi connectivity index (χ1) is 7.27. The molecule has 1 aromatic rings. The fraction of sp³-hybridized carbons (Fsp3) is 0.385. The molecule has 2 heteroatoms. The third kappa shape index (κ3) is 3.66. The Hall–Kier alpha value is -1.44. The Morgan fingerprint density at radius 2 is 2.27 bits per heavy atom. The van der Waals surface area contributed by atoms with E-state index in [0.717, 1.165) is 30.8 Å². The van der Waals surface area contributed by atoms with Gasteiger partial charge in [-0.1, -0.05) is 12.1 Å². The Labute approximate surface area is 92.0 Å². The molecule has 0 aromatic heterocycles. The van der Waals surface area contributed by atoms with Crippen molar-refractivity contribution in [1.82, 2.24) is 0 Å². The van der Waals surface area contributed by atoms with Gasteiger partial charge in [0, 0.05) is 6.54 Å².